The van der Waals surface area contributed by atoms with Crippen molar-refractivity contribution in [3.05, 3.63) is 0 Å². The Balaban J connectivity index is 3.17. The Bertz CT molecular complexity index is 128. The van der Waals surface area contributed by atoms with E-state index in [1.54, 1.807) is 13.3 Å². The number of nitrogens with one attached hydrogen (secondary N) is 1. The third-order valence-electron chi connectivity index (χ3n) is 1.58. The van der Waals surface area contributed by atoms with E-state index in [0.717, 1.165) is 12.8 Å². The Morgan fingerprint density at radius 1 is 1.36 bits per heavy atom. The van der Waals surface area contributed by atoms with Gasteiger partial charge in [0.2, 0.25) is 0 Å². The van der Waals surface area contributed by atoms with Crippen LogP contribution in [0.25, 0.3) is 0 Å². The molecule has 2 heteroatoms. The van der Waals surface area contributed by atoms with Crippen molar-refractivity contribution in [1.82, 2.24) is 0 Å². The predicted octanol–water partition coefficient (Wildman–Crippen LogP) is 2.68. The van der Waals surface area contributed by atoms with E-state index in [4.69, 9.17) is 5.41 Å². The van der Waals surface area contributed by atoms with E-state index in [9.17, 15) is 0 Å². The molecule has 0 unspecified atom stereocenters. The summed E-state index contributed by atoms with van der Waals surface area (Å²) in [6.45, 7) is 2.19. The molecule has 0 aliphatic rings. The third kappa shape index (κ3) is 7.23. The van der Waals surface area contributed by atoms with E-state index >= 15 is 0 Å². The predicted molar refractivity (Wildman–Crippen MR) is 50.9 cm³/mol. The molecule has 0 radical (unpaired) electrons. The zero-order valence-corrected chi connectivity index (χ0v) is 7.56. The minimum absolute atomic E-state index is 0.656. The SMILES string of the molecule is CCCCCCC(=N)/C=N\C. The highest BCUT2D eigenvalue weighted by molar-refractivity contribution is 6.28. The van der Waals surface area contributed by atoms with Crippen LogP contribution in [0.5, 0.6) is 0 Å². The summed E-state index contributed by atoms with van der Waals surface area (Å²) in [7, 11) is 1.71. The lowest BCUT2D eigenvalue weighted by molar-refractivity contribution is 0.683. The number of aliphatic imine (C=N–C) groups is 1. The molecule has 0 aromatic heterocycles. The molecule has 0 rings (SSSR count). The molecule has 0 saturated heterocycles. The van der Waals surface area contributed by atoms with Crippen molar-refractivity contribution in [3.8, 4) is 0 Å². The maximum Gasteiger partial charge on any atom is 0.0491 e. The Hall–Kier alpha value is -0.660. The van der Waals surface area contributed by atoms with Crippen molar-refractivity contribution in [2.45, 2.75) is 39.0 Å². The fourth-order valence-electron chi connectivity index (χ4n) is 0.963. The van der Waals surface area contributed by atoms with Crippen LogP contribution < -0.4 is 0 Å². The smallest absolute Gasteiger partial charge is 0.0491 e. The molecular weight excluding hydrogens is 136 g/mol. The first kappa shape index (κ1) is 10.3. The fourth-order valence-corrected chi connectivity index (χ4v) is 0.963. The molecule has 0 atom stereocenters. The molecule has 0 heterocycles. The monoisotopic (exact) mass is 154 g/mol. The summed E-state index contributed by atoms with van der Waals surface area (Å²) in [4.78, 5) is 3.78. The number of unbranched alkanes of at least 4 members (excludes halogenated alkanes) is 3. The van der Waals surface area contributed by atoms with E-state index in [0.29, 0.717) is 5.71 Å². The van der Waals surface area contributed by atoms with Gasteiger partial charge in [0.25, 0.3) is 0 Å². The lowest BCUT2D eigenvalue weighted by Crippen LogP contribution is -1.96. The van der Waals surface area contributed by atoms with Crippen LogP contribution in [0.15, 0.2) is 4.99 Å². The topological polar surface area (TPSA) is 36.2 Å². The largest absolute Gasteiger partial charge is 0.304 e. The van der Waals surface area contributed by atoms with E-state index < -0.39 is 0 Å². The van der Waals surface area contributed by atoms with Gasteiger partial charge in [-0.15, -0.1) is 0 Å². The molecule has 0 saturated carbocycles. The van der Waals surface area contributed by atoms with Crippen molar-refractivity contribution < 1.29 is 0 Å². The highest BCUT2D eigenvalue weighted by Crippen LogP contribution is 2.01. The summed E-state index contributed by atoms with van der Waals surface area (Å²) in [5.41, 5.74) is 0.656. The Morgan fingerprint density at radius 2 is 2.09 bits per heavy atom. The average Bonchev–Trinajstić information content (AvgIpc) is 1.99. The van der Waals surface area contributed by atoms with Gasteiger partial charge in [0.15, 0.2) is 0 Å². The molecule has 11 heavy (non-hydrogen) atoms. The first-order valence-corrected chi connectivity index (χ1v) is 4.30. The minimum atomic E-state index is 0.656. The van der Waals surface area contributed by atoms with Gasteiger partial charge in [-0.1, -0.05) is 26.2 Å². The van der Waals surface area contributed by atoms with Gasteiger partial charge in [0.05, 0.1) is 0 Å². The standard InChI is InChI=1S/C9H18N2/c1-3-4-5-6-7-9(10)8-11-2/h8,10H,3-7H2,1-2H3/b10-9?,11-8-. The molecule has 0 aromatic rings. The normalized spacial score (nSPS) is 10.7. The number of nitrogens with zero attached hydrogens (tertiary/aromatic N) is 1. The molecule has 0 aliphatic heterocycles. The Kier molecular flexibility index (Phi) is 7.00. The van der Waals surface area contributed by atoms with Crippen LogP contribution in [0.4, 0.5) is 0 Å². The quantitative estimate of drug-likeness (QED) is 0.451. The van der Waals surface area contributed by atoms with E-state index in [-0.39, 0.29) is 0 Å². The van der Waals surface area contributed by atoms with Crippen molar-refractivity contribution in [1.29, 1.82) is 5.41 Å². The van der Waals surface area contributed by atoms with E-state index in [1.165, 1.54) is 19.3 Å². The molecule has 0 fully saturated rings. The first-order valence-electron chi connectivity index (χ1n) is 4.30. The zero-order valence-electron chi connectivity index (χ0n) is 7.56. The molecular formula is C9H18N2. The van der Waals surface area contributed by atoms with Crippen LogP contribution in [0, 0.1) is 5.41 Å². The van der Waals surface area contributed by atoms with Crippen LogP contribution in [-0.2, 0) is 0 Å². The second kappa shape index (κ2) is 7.45. The molecule has 64 valence electrons. The minimum Gasteiger partial charge on any atom is -0.304 e. The van der Waals surface area contributed by atoms with E-state index in [1.807, 2.05) is 0 Å². The molecule has 0 amide bonds. The Labute approximate surface area is 69.2 Å². The number of rotatable bonds is 6. The number of hydrogen-bond donors (Lipinski definition) is 1. The van der Waals surface area contributed by atoms with Gasteiger partial charge in [0.1, 0.15) is 0 Å². The van der Waals surface area contributed by atoms with Gasteiger partial charge in [-0.25, -0.2) is 0 Å². The highest BCUT2D eigenvalue weighted by Gasteiger charge is 1.91. The molecule has 1 N–H and O–H groups in total. The fraction of sp³-hybridized carbons (Fsp3) is 0.778. The second-order valence-electron chi connectivity index (χ2n) is 2.72. The summed E-state index contributed by atoms with van der Waals surface area (Å²) in [5, 5.41) is 7.37. The van der Waals surface area contributed by atoms with Crippen molar-refractivity contribution in [2.75, 3.05) is 7.05 Å². The summed E-state index contributed by atoms with van der Waals surface area (Å²) in [6, 6.07) is 0. The van der Waals surface area contributed by atoms with E-state index in [2.05, 4.69) is 11.9 Å². The van der Waals surface area contributed by atoms with Gasteiger partial charge < -0.3 is 5.41 Å². The molecule has 0 bridgehead atoms. The van der Waals surface area contributed by atoms with Gasteiger partial charge in [-0.3, -0.25) is 4.99 Å². The Morgan fingerprint density at radius 3 is 2.64 bits per heavy atom. The summed E-state index contributed by atoms with van der Waals surface area (Å²) < 4.78 is 0. The second-order valence-corrected chi connectivity index (χ2v) is 2.72. The van der Waals surface area contributed by atoms with Crippen molar-refractivity contribution >= 4 is 11.9 Å². The molecule has 0 aromatic carbocycles. The van der Waals surface area contributed by atoms with Crippen LogP contribution >= 0.6 is 0 Å². The first-order chi connectivity index (χ1) is 5.31. The van der Waals surface area contributed by atoms with Crippen LogP contribution in [-0.4, -0.2) is 19.0 Å². The summed E-state index contributed by atoms with van der Waals surface area (Å²) in [6.07, 6.45) is 7.45. The maximum absolute atomic E-state index is 7.37. The third-order valence-corrected chi connectivity index (χ3v) is 1.58. The molecule has 0 aliphatic carbocycles. The van der Waals surface area contributed by atoms with Gasteiger partial charge in [0, 0.05) is 19.0 Å². The molecule has 0 spiro atoms. The summed E-state index contributed by atoms with van der Waals surface area (Å²) in [5.74, 6) is 0. The van der Waals surface area contributed by atoms with Gasteiger partial charge >= 0.3 is 0 Å². The van der Waals surface area contributed by atoms with Crippen LogP contribution in [0.1, 0.15) is 39.0 Å². The zero-order chi connectivity index (χ0) is 8.53. The molecule has 2 nitrogen and oxygen atoms in total. The summed E-state index contributed by atoms with van der Waals surface area (Å²) >= 11 is 0. The maximum atomic E-state index is 7.37. The highest BCUT2D eigenvalue weighted by atomic mass is 14.6. The lowest BCUT2D eigenvalue weighted by atomic mass is 10.1. The van der Waals surface area contributed by atoms with Crippen molar-refractivity contribution in [2.24, 2.45) is 4.99 Å². The lowest BCUT2D eigenvalue weighted by Gasteiger charge is -1.96. The average molecular weight is 154 g/mol. The van der Waals surface area contributed by atoms with Gasteiger partial charge in [-0.2, -0.15) is 0 Å². The van der Waals surface area contributed by atoms with Crippen molar-refractivity contribution in [3.63, 3.8) is 0 Å². The van der Waals surface area contributed by atoms with Crippen LogP contribution in [0.3, 0.4) is 0 Å². The van der Waals surface area contributed by atoms with Gasteiger partial charge in [-0.05, 0) is 12.8 Å². The van der Waals surface area contributed by atoms with Crippen LogP contribution in [0.2, 0.25) is 0 Å². The number of hydrogen-bond acceptors (Lipinski definition) is 2.